The van der Waals surface area contributed by atoms with Crippen LogP contribution in [0.15, 0.2) is 103 Å². The summed E-state index contributed by atoms with van der Waals surface area (Å²) < 4.78 is 6.74. The maximum absolute atomic E-state index is 12.3. The van der Waals surface area contributed by atoms with E-state index in [1.807, 2.05) is 18.2 Å². The van der Waals surface area contributed by atoms with E-state index < -0.39 is 8.32 Å². The number of hydrogen-bond donors (Lipinski definition) is 1. The molecule has 0 radical (unpaired) electrons. The number of carbonyl (C=O) groups is 1. The minimum Gasteiger partial charge on any atom is -0.305 e. The molecule has 4 rings (SSSR count). The summed E-state index contributed by atoms with van der Waals surface area (Å²) in [5.41, 5.74) is 4.01. The second-order valence-electron chi connectivity index (χ2n) is 8.64. The van der Waals surface area contributed by atoms with Crippen LogP contribution in [0.2, 0.25) is 0 Å². The van der Waals surface area contributed by atoms with Gasteiger partial charge in [0.25, 0.3) is 0 Å². The molecule has 0 aliphatic heterocycles. The molecular formula is C26H27NO2Si. The van der Waals surface area contributed by atoms with E-state index in [9.17, 15) is 4.79 Å². The quantitative estimate of drug-likeness (QED) is 0.382. The normalized spacial score (nSPS) is 16.1. The lowest BCUT2D eigenvalue weighted by molar-refractivity contribution is -0.117. The Labute approximate surface area is 179 Å². The summed E-state index contributed by atoms with van der Waals surface area (Å²) in [6.45, 7) is 4.24. The van der Waals surface area contributed by atoms with E-state index >= 15 is 0 Å². The lowest BCUT2D eigenvalue weighted by atomic mass is 9.79. The highest BCUT2D eigenvalue weighted by Gasteiger charge is 2.43. The van der Waals surface area contributed by atoms with Crippen molar-refractivity contribution >= 4 is 29.7 Å². The lowest BCUT2D eigenvalue weighted by Crippen LogP contribution is -2.70. The number of nitrogens with one attached hydrogen (secondary N) is 1. The highest BCUT2D eigenvalue weighted by Crippen LogP contribution is 2.32. The van der Waals surface area contributed by atoms with Gasteiger partial charge >= 0.3 is 8.32 Å². The first-order valence-electron chi connectivity index (χ1n) is 10.3. The van der Waals surface area contributed by atoms with Gasteiger partial charge in [0.2, 0.25) is 0 Å². The lowest BCUT2D eigenvalue weighted by Gasteiger charge is -2.35. The maximum Gasteiger partial charge on any atom is 0.321 e. The van der Waals surface area contributed by atoms with E-state index in [2.05, 4.69) is 92.1 Å². The molecule has 3 aromatic carbocycles. The van der Waals surface area contributed by atoms with Crippen molar-refractivity contribution in [1.29, 1.82) is 0 Å². The molecule has 0 saturated heterocycles. The second-order valence-corrected chi connectivity index (χ2v) is 11.9. The number of benzene rings is 3. The maximum atomic E-state index is 12.3. The molecule has 1 aliphatic carbocycles. The van der Waals surface area contributed by atoms with Crippen molar-refractivity contribution < 1.29 is 9.32 Å². The average molecular weight is 414 g/mol. The van der Waals surface area contributed by atoms with E-state index in [0.717, 1.165) is 27.7 Å². The molecule has 0 bridgehead atoms. The summed E-state index contributed by atoms with van der Waals surface area (Å²) in [5, 5.41) is 3.45. The molecule has 1 aliphatic rings. The number of rotatable bonds is 6. The molecule has 30 heavy (non-hydrogen) atoms. The Morgan fingerprint density at radius 1 is 0.733 bits per heavy atom. The van der Waals surface area contributed by atoms with Gasteiger partial charge < -0.3 is 4.53 Å². The van der Waals surface area contributed by atoms with Crippen LogP contribution in [-0.4, -0.2) is 14.1 Å². The molecule has 1 N–H and O–H groups in total. The van der Waals surface area contributed by atoms with Gasteiger partial charge in [-0.1, -0.05) is 105 Å². The smallest absolute Gasteiger partial charge is 0.305 e. The Balaban J connectivity index is 1.82. The molecule has 0 atom stereocenters. The van der Waals surface area contributed by atoms with E-state index in [4.69, 9.17) is 4.53 Å². The van der Waals surface area contributed by atoms with Crippen LogP contribution in [0.5, 0.6) is 0 Å². The SMILES string of the molecule is CC1(C)CC(=O)C=C(NO[Si](c2ccccc2)(c2ccccc2)c2ccccc2)C1. The molecule has 0 spiro atoms. The van der Waals surface area contributed by atoms with Gasteiger partial charge in [0, 0.05) is 18.2 Å². The molecule has 0 aromatic heterocycles. The molecule has 0 unspecified atom stereocenters. The number of hydroxylamine groups is 1. The molecule has 0 heterocycles. The first kappa shape index (κ1) is 20.3. The third-order valence-corrected chi connectivity index (χ3v) is 9.38. The second kappa shape index (κ2) is 8.42. The summed E-state index contributed by atoms with van der Waals surface area (Å²) >= 11 is 0. The van der Waals surface area contributed by atoms with Gasteiger partial charge in [-0.05, 0) is 27.4 Å². The summed E-state index contributed by atoms with van der Waals surface area (Å²) in [7, 11) is -2.84. The van der Waals surface area contributed by atoms with Crippen molar-refractivity contribution in [3.05, 3.63) is 103 Å². The monoisotopic (exact) mass is 413 g/mol. The average Bonchev–Trinajstić information content (AvgIpc) is 2.75. The van der Waals surface area contributed by atoms with Crippen LogP contribution in [0, 0.1) is 5.41 Å². The van der Waals surface area contributed by atoms with Crippen LogP contribution >= 0.6 is 0 Å². The Morgan fingerprint density at radius 3 is 1.57 bits per heavy atom. The van der Waals surface area contributed by atoms with Crippen LogP contribution in [0.4, 0.5) is 0 Å². The number of hydrogen-bond acceptors (Lipinski definition) is 3. The fourth-order valence-electron chi connectivity index (χ4n) is 4.25. The summed E-state index contributed by atoms with van der Waals surface area (Å²) in [6.07, 6.45) is 3.05. The van der Waals surface area contributed by atoms with Crippen LogP contribution < -0.4 is 21.0 Å². The molecule has 0 saturated carbocycles. The first-order valence-corrected chi connectivity index (χ1v) is 12.2. The third kappa shape index (κ3) is 4.15. The summed E-state index contributed by atoms with van der Waals surface area (Å²) in [5.74, 6) is 0.142. The first-order chi connectivity index (χ1) is 14.5. The Kier molecular flexibility index (Phi) is 5.71. The molecule has 4 heteroatoms. The molecule has 0 amide bonds. The predicted octanol–water partition coefficient (Wildman–Crippen LogP) is 3.45. The van der Waals surface area contributed by atoms with Crippen molar-refractivity contribution in [2.24, 2.45) is 5.41 Å². The Bertz CT molecular complexity index is 934. The van der Waals surface area contributed by atoms with E-state index in [0.29, 0.717) is 6.42 Å². The Hall–Kier alpha value is -2.95. The van der Waals surface area contributed by atoms with Crippen LogP contribution in [0.3, 0.4) is 0 Å². The minimum absolute atomic E-state index is 0.0754. The third-order valence-electron chi connectivity index (χ3n) is 5.53. The molecule has 0 fully saturated rings. The minimum atomic E-state index is -2.84. The number of carbonyl (C=O) groups excluding carboxylic acids is 1. The van der Waals surface area contributed by atoms with Gasteiger partial charge in [0.1, 0.15) is 0 Å². The van der Waals surface area contributed by atoms with Gasteiger partial charge in [0.05, 0.1) is 0 Å². The van der Waals surface area contributed by atoms with Gasteiger partial charge in [-0.3, -0.25) is 10.3 Å². The topological polar surface area (TPSA) is 38.3 Å². The molecular weight excluding hydrogens is 386 g/mol. The van der Waals surface area contributed by atoms with Crippen molar-refractivity contribution in [2.45, 2.75) is 26.7 Å². The van der Waals surface area contributed by atoms with Gasteiger partial charge in [0.15, 0.2) is 5.78 Å². The van der Waals surface area contributed by atoms with Crippen molar-refractivity contribution in [1.82, 2.24) is 5.48 Å². The van der Waals surface area contributed by atoms with Gasteiger partial charge in [-0.25, -0.2) is 0 Å². The zero-order valence-corrected chi connectivity index (χ0v) is 18.5. The molecule has 3 nitrogen and oxygen atoms in total. The standard InChI is InChI=1S/C26H27NO2Si/c1-26(2)19-21(18-22(28)20-26)27-29-30(23-12-6-3-7-13-23,24-14-8-4-9-15-24)25-16-10-5-11-17-25/h3-18,27H,19-20H2,1-2H3. The molecule has 152 valence electrons. The summed E-state index contributed by atoms with van der Waals surface area (Å²) in [4.78, 5) is 12.3. The number of allylic oxidation sites excluding steroid dienone is 2. The largest absolute Gasteiger partial charge is 0.321 e. The zero-order chi connectivity index (χ0) is 21.0. The fourth-order valence-corrected chi connectivity index (χ4v) is 7.87. The predicted molar refractivity (Wildman–Crippen MR) is 124 cm³/mol. The van der Waals surface area contributed by atoms with Gasteiger partial charge in [-0.2, -0.15) is 0 Å². The van der Waals surface area contributed by atoms with Crippen LogP contribution in [-0.2, 0) is 9.32 Å². The summed E-state index contributed by atoms with van der Waals surface area (Å²) in [6, 6.07) is 31.2. The van der Waals surface area contributed by atoms with E-state index in [-0.39, 0.29) is 11.2 Å². The Morgan fingerprint density at radius 2 is 1.17 bits per heavy atom. The van der Waals surface area contributed by atoms with Crippen molar-refractivity contribution in [3.8, 4) is 0 Å². The van der Waals surface area contributed by atoms with Crippen molar-refractivity contribution in [3.63, 3.8) is 0 Å². The van der Waals surface area contributed by atoms with Gasteiger partial charge in [-0.15, -0.1) is 0 Å². The van der Waals surface area contributed by atoms with E-state index in [1.165, 1.54) is 0 Å². The van der Waals surface area contributed by atoms with Crippen LogP contribution in [0.25, 0.3) is 0 Å². The highest BCUT2D eigenvalue weighted by molar-refractivity contribution is 7.07. The number of ketones is 1. The van der Waals surface area contributed by atoms with E-state index in [1.54, 1.807) is 6.08 Å². The fraction of sp³-hybridized carbons (Fsp3) is 0.192. The highest BCUT2D eigenvalue weighted by atomic mass is 28.4. The zero-order valence-electron chi connectivity index (χ0n) is 17.5. The van der Waals surface area contributed by atoms with Crippen LogP contribution in [0.1, 0.15) is 26.7 Å². The van der Waals surface area contributed by atoms with Crippen molar-refractivity contribution in [2.75, 3.05) is 0 Å². The molecule has 3 aromatic rings.